The highest BCUT2D eigenvalue weighted by Crippen LogP contribution is 2.20. The minimum Gasteiger partial charge on any atom is -0.298 e. The first-order valence-corrected chi connectivity index (χ1v) is 7.09. The van der Waals surface area contributed by atoms with Crippen molar-refractivity contribution in [2.24, 2.45) is 0 Å². The van der Waals surface area contributed by atoms with Gasteiger partial charge in [0, 0.05) is 17.6 Å². The Morgan fingerprint density at radius 3 is 2.57 bits per heavy atom. The Hall–Kier alpha value is -2.43. The van der Waals surface area contributed by atoms with Crippen LogP contribution in [0.25, 0.3) is 10.9 Å². The molecule has 2 aromatic heterocycles. The van der Waals surface area contributed by atoms with E-state index in [1.807, 2.05) is 35.3 Å². The van der Waals surface area contributed by atoms with Gasteiger partial charge in [-0.15, -0.1) is 0 Å². The van der Waals surface area contributed by atoms with Gasteiger partial charge in [-0.25, -0.2) is 0 Å². The molecule has 0 aliphatic rings. The van der Waals surface area contributed by atoms with Gasteiger partial charge in [0.05, 0.1) is 29.0 Å². The second-order valence-electron chi connectivity index (χ2n) is 5.14. The van der Waals surface area contributed by atoms with E-state index in [9.17, 15) is 4.79 Å². The van der Waals surface area contributed by atoms with Crippen LogP contribution in [0.15, 0.2) is 24.3 Å². The zero-order chi connectivity index (χ0) is 15.0. The third-order valence-electron chi connectivity index (χ3n) is 3.89. The second-order valence-corrected chi connectivity index (χ2v) is 5.14. The van der Waals surface area contributed by atoms with Crippen molar-refractivity contribution in [2.75, 3.05) is 0 Å². The lowest BCUT2D eigenvalue weighted by molar-refractivity contribution is 0.112. The minimum absolute atomic E-state index is 0.577. The summed E-state index contributed by atoms with van der Waals surface area (Å²) in [5.41, 5.74) is 4.44. The summed E-state index contributed by atoms with van der Waals surface area (Å²) in [5.74, 6) is 0. The van der Waals surface area contributed by atoms with Crippen LogP contribution < -0.4 is 0 Å². The third kappa shape index (κ3) is 2.14. The average molecular weight is 282 g/mol. The van der Waals surface area contributed by atoms with E-state index in [2.05, 4.69) is 29.3 Å². The minimum atomic E-state index is 0.577. The molecular weight excluding hydrogens is 264 g/mol. The van der Waals surface area contributed by atoms with Gasteiger partial charge >= 0.3 is 0 Å². The van der Waals surface area contributed by atoms with Crippen molar-refractivity contribution in [2.45, 2.75) is 33.9 Å². The summed E-state index contributed by atoms with van der Waals surface area (Å²) in [4.78, 5) is 11.1. The third-order valence-corrected chi connectivity index (χ3v) is 3.89. The molecule has 0 spiro atoms. The fraction of sp³-hybridized carbons (Fsp3) is 0.312. The SMILES string of the molecule is CCn1nc(Cn2nc(C)c(C=O)c2C)c2ccccc21. The Balaban J connectivity index is 2.08. The molecule has 0 saturated heterocycles. The molecule has 0 fully saturated rings. The van der Waals surface area contributed by atoms with Gasteiger partial charge in [0.2, 0.25) is 0 Å². The lowest BCUT2D eigenvalue weighted by atomic mass is 10.2. The zero-order valence-corrected chi connectivity index (χ0v) is 12.5. The normalized spacial score (nSPS) is 11.2. The predicted molar refractivity (Wildman–Crippen MR) is 81.6 cm³/mol. The van der Waals surface area contributed by atoms with Gasteiger partial charge in [0.1, 0.15) is 0 Å². The number of rotatable bonds is 4. The van der Waals surface area contributed by atoms with Crippen LogP contribution in [0, 0.1) is 13.8 Å². The molecule has 3 aromatic rings. The molecule has 0 amide bonds. The Labute approximate surface area is 123 Å². The van der Waals surface area contributed by atoms with Gasteiger partial charge in [-0.3, -0.25) is 14.2 Å². The maximum absolute atomic E-state index is 11.1. The number of hydrogen-bond acceptors (Lipinski definition) is 3. The Kier molecular flexibility index (Phi) is 3.33. The van der Waals surface area contributed by atoms with Crippen LogP contribution in [0.4, 0.5) is 0 Å². The fourth-order valence-corrected chi connectivity index (χ4v) is 2.73. The maximum atomic E-state index is 11.1. The van der Waals surface area contributed by atoms with Gasteiger partial charge in [-0.1, -0.05) is 18.2 Å². The highest BCUT2D eigenvalue weighted by molar-refractivity contribution is 5.82. The summed E-state index contributed by atoms with van der Waals surface area (Å²) in [7, 11) is 0. The standard InChI is InChI=1S/C16H18N4O/c1-4-19-16-8-6-5-7-13(16)15(18-19)9-20-12(3)14(10-21)11(2)17-20/h5-8,10H,4,9H2,1-3H3. The number of benzene rings is 1. The van der Waals surface area contributed by atoms with Crippen molar-refractivity contribution in [3.05, 3.63) is 46.9 Å². The van der Waals surface area contributed by atoms with Gasteiger partial charge < -0.3 is 0 Å². The summed E-state index contributed by atoms with van der Waals surface area (Å²) in [6.07, 6.45) is 0.872. The molecular formula is C16H18N4O. The molecule has 0 aliphatic carbocycles. The smallest absolute Gasteiger partial charge is 0.153 e. The summed E-state index contributed by atoms with van der Waals surface area (Å²) < 4.78 is 3.85. The summed E-state index contributed by atoms with van der Waals surface area (Å²) in [6, 6.07) is 8.20. The topological polar surface area (TPSA) is 52.7 Å². The van der Waals surface area contributed by atoms with E-state index >= 15 is 0 Å². The summed E-state index contributed by atoms with van der Waals surface area (Å²) in [5, 5.41) is 10.3. The van der Waals surface area contributed by atoms with Crippen LogP contribution in [-0.2, 0) is 13.1 Å². The average Bonchev–Trinajstić information content (AvgIpc) is 2.98. The van der Waals surface area contributed by atoms with Gasteiger partial charge in [0.15, 0.2) is 6.29 Å². The number of carbonyl (C=O) groups is 1. The van der Waals surface area contributed by atoms with Crippen molar-refractivity contribution in [1.29, 1.82) is 0 Å². The number of fused-ring (bicyclic) bond motifs is 1. The van der Waals surface area contributed by atoms with Crippen molar-refractivity contribution in [3.63, 3.8) is 0 Å². The van der Waals surface area contributed by atoms with Crippen LogP contribution >= 0.6 is 0 Å². The first-order chi connectivity index (χ1) is 10.2. The maximum Gasteiger partial charge on any atom is 0.153 e. The zero-order valence-electron chi connectivity index (χ0n) is 12.5. The van der Waals surface area contributed by atoms with E-state index in [1.54, 1.807) is 0 Å². The van der Waals surface area contributed by atoms with E-state index in [0.717, 1.165) is 40.8 Å². The number of aromatic nitrogens is 4. The Morgan fingerprint density at radius 1 is 1.14 bits per heavy atom. The Bertz CT molecular complexity index is 813. The first kappa shape index (κ1) is 13.5. The number of carbonyl (C=O) groups excluding carboxylic acids is 1. The molecule has 108 valence electrons. The molecule has 5 nitrogen and oxygen atoms in total. The fourth-order valence-electron chi connectivity index (χ4n) is 2.73. The highest BCUT2D eigenvalue weighted by Gasteiger charge is 2.14. The van der Waals surface area contributed by atoms with Gasteiger partial charge in [0.25, 0.3) is 0 Å². The van der Waals surface area contributed by atoms with Gasteiger partial charge in [-0.05, 0) is 26.8 Å². The molecule has 0 aliphatic heterocycles. The molecule has 0 N–H and O–H groups in total. The predicted octanol–water partition coefficient (Wildman–Crippen LogP) is 2.73. The first-order valence-electron chi connectivity index (χ1n) is 7.09. The molecule has 0 saturated carbocycles. The lowest BCUT2D eigenvalue weighted by Crippen LogP contribution is -2.06. The number of aldehydes is 1. The number of nitrogens with zero attached hydrogens (tertiary/aromatic N) is 4. The molecule has 2 heterocycles. The van der Waals surface area contributed by atoms with Crippen LogP contribution in [0.5, 0.6) is 0 Å². The molecule has 1 aromatic carbocycles. The van der Waals surface area contributed by atoms with Gasteiger partial charge in [-0.2, -0.15) is 10.2 Å². The van der Waals surface area contributed by atoms with Crippen LogP contribution in [0.3, 0.4) is 0 Å². The molecule has 0 bridgehead atoms. The number of aryl methyl sites for hydroxylation is 2. The van der Waals surface area contributed by atoms with E-state index in [1.165, 1.54) is 0 Å². The van der Waals surface area contributed by atoms with E-state index < -0.39 is 0 Å². The lowest BCUT2D eigenvalue weighted by Gasteiger charge is -2.02. The molecule has 0 unspecified atom stereocenters. The molecule has 21 heavy (non-hydrogen) atoms. The second kappa shape index (κ2) is 5.16. The molecule has 3 rings (SSSR count). The molecule has 0 atom stereocenters. The van der Waals surface area contributed by atoms with E-state index in [0.29, 0.717) is 12.1 Å². The number of para-hydroxylation sites is 1. The quantitative estimate of drug-likeness (QED) is 0.691. The monoisotopic (exact) mass is 282 g/mol. The largest absolute Gasteiger partial charge is 0.298 e. The highest BCUT2D eigenvalue weighted by atomic mass is 16.1. The summed E-state index contributed by atoms with van der Waals surface area (Å²) in [6.45, 7) is 7.26. The van der Waals surface area contributed by atoms with Crippen molar-refractivity contribution in [3.8, 4) is 0 Å². The van der Waals surface area contributed by atoms with Crippen LogP contribution in [-0.4, -0.2) is 25.8 Å². The van der Waals surface area contributed by atoms with Crippen molar-refractivity contribution < 1.29 is 4.79 Å². The van der Waals surface area contributed by atoms with Crippen molar-refractivity contribution >= 4 is 17.2 Å². The van der Waals surface area contributed by atoms with Crippen LogP contribution in [0.1, 0.15) is 34.4 Å². The molecule has 0 radical (unpaired) electrons. The van der Waals surface area contributed by atoms with E-state index in [4.69, 9.17) is 0 Å². The van der Waals surface area contributed by atoms with Crippen molar-refractivity contribution in [1.82, 2.24) is 19.6 Å². The molecule has 5 heteroatoms. The Morgan fingerprint density at radius 2 is 1.90 bits per heavy atom. The number of hydrogen-bond donors (Lipinski definition) is 0. The van der Waals surface area contributed by atoms with Crippen LogP contribution in [0.2, 0.25) is 0 Å². The van der Waals surface area contributed by atoms with E-state index in [-0.39, 0.29) is 0 Å². The summed E-state index contributed by atoms with van der Waals surface area (Å²) >= 11 is 0.